The fourth-order valence-corrected chi connectivity index (χ4v) is 2.90. The standard InChI is InChI=1S/C12H15N5S/c1-2-6-17(5-1)12-16-8-10(18-12)7-15-11-9-13-3-4-14-11/h3-4,8-9H,1-2,5-7H2,(H,14,15). The lowest BCUT2D eigenvalue weighted by molar-refractivity contribution is 0.949. The van der Waals surface area contributed by atoms with Crippen LogP contribution in [0.25, 0.3) is 0 Å². The molecule has 3 heterocycles. The Bertz CT molecular complexity index is 492. The Balaban J connectivity index is 1.60. The van der Waals surface area contributed by atoms with E-state index in [2.05, 4.69) is 25.2 Å². The lowest BCUT2D eigenvalue weighted by atomic mass is 10.4. The van der Waals surface area contributed by atoms with Crippen molar-refractivity contribution in [3.8, 4) is 0 Å². The molecule has 0 atom stereocenters. The van der Waals surface area contributed by atoms with Gasteiger partial charge in [0.1, 0.15) is 5.82 Å². The summed E-state index contributed by atoms with van der Waals surface area (Å²) >= 11 is 1.75. The largest absolute Gasteiger partial charge is 0.364 e. The fourth-order valence-electron chi connectivity index (χ4n) is 2.00. The van der Waals surface area contributed by atoms with Gasteiger partial charge in [0, 0.05) is 36.6 Å². The maximum atomic E-state index is 4.48. The molecule has 1 N–H and O–H groups in total. The van der Waals surface area contributed by atoms with Gasteiger partial charge in [0.25, 0.3) is 0 Å². The summed E-state index contributed by atoms with van der Waals surface area (Å²) in [5, 5.41) is 4.39. The van der Waals surface area contributed by atoms with E-state index in [9.17, 15) is 0 Å². The second-order valence-corrected chi connectivity index (χ2v) is 5.34. The van der Waals surface area contributed by atoms with Gasteiger partial charge in [-0.15, -0.1) is 11.3 Å². The molecule has 1 fully saturated rings. The molecular formula is C12H15N5S. The molecule has 1 aliphatic rings. The Morgan fingerprint density at radius 1 is 1.17 bits per heavy atom. The lowest BCUT2D eigenvalue weighted by Crippen LogP contribution is -2.16. The highest BCUT2D eigenvalue weighted by Gasteiger charge is 2.15. The van der Waals surface area contributed by atoms with Gasteiger partial charge in [-0.1, -0.05) is 0 Å². The van der Waals surface area contributed by atoms with E-state index >= 15 is 0 Å². The Labute approximate surface area is 110 Å². The molecule has 1 saturated heterocycles. The third-order valence-corrected chi connectivity index (χ3v) is 3.98. The summed E-state index contributed by atoms with van der Waals surface area (Å²) < 4.78 is 0. The zero-order valence-electron chi connectivity index (χ0n) is 10.0. The SMILES string of the molecule is c1cnc(NCc2cnc(N3CCCC3)s2)cn1. The zero-order chi connectivity index (χ0) is 12.2. The third kappa shape index (κ3) is 2.59. The fraction of sp³-hybridized carbons (Fsp3) is 0.417. The first-order valence-electron chi connectivity index (χ1n) is 6.11. The smallest absolute Gasteiger partial charge is 0.185 e. The van der Waals surface area contributed by atoms with Crippen molar-refractivity contribution >= 4 is 22.3 Å². The van der Waals surface area contributed by atoms with Crippen molar-refractivity contribution in [2.24, 2.45) is 0 Å². The topological polar surface area (TPSA) is 53.9 Å². The van der Waals surface area contributed by atoms with Crippen molar-refractivity contribution in [3.05, 3.63) is 29.7 Å². The maximum absolute atomic E-state index is 4.48. The summed E-state index contributed by atoms with van der Waals surface area (Å²) in [5.41, 5.74) is 0. The molecule has 0 saturated carbocycles. The molecule has 0 amide bonds. The molecule has 0 bridgehead atoms. The number of anilines is 2. The van der Waals surface area contributed by atoms with Gasteiger partial charge in [-0.2, -0.15) is 0 Å². The Morgan fingerprint density at radius 2 is 2.06 bits per heavy atom. The van der Waals surface area contributed by atoms with E-state index in [0.717, 1.165) is 30.6 Å². The van der Waals surface area contributed by atoms with Crippen LogP contribution >= 0.6 is 11.3 Å². The summed E-state index contributed by atoms with van der Waals surface area (Å²) in [4.78, 5) is 16.3. The van der Waals surface area contributed by atoms with Gasteiger partial charge in [0.15, 0.2) is 5.13 Å². The molecule has 0 unspecified atom stereocenters. The van der Waals surface area contributed by atoms with Gasteiger partial charge in [-0.25, -0.2) is 9.97 Å². The summed E-state index contributed by atoms with van der Waals surface area (Å²) in [5.74, 6) is 0.800. The molecule has 1 aliphatic heterocycles. The lowest BCUT2D eigenvalue weighted by Gasteiger charge is -2.12. The predicted octanol–water partition coefficient (Wildman–Crippen LogP) is 2.15. The highest BCUT2D eigenvalue weighted by Crippen LogP contribution is 2.26. The molecule has 0 spiro atoms. The molecule has 0 aliphatic carbocycles. The highest BCUT2D eigenvalue weighted by atomic mass is 32.1. The number of hydrogen-bond donors (Lipinski definition) is 1. The van der Waals surface area contributed by atoms with Crippen molar-refractivity contribution in [1.29, 1.82) is 0 Å². The number of aromatic nitrogens is 3. The molecule has 18 heavy (non-hydrogen) atoms. The molecule has 0 aromatic carbocycles. The summed E-state index contributed by atoms with van der Waals surface area (Å²) in [6.45, 7) is 3.04. The zero-order valence-corrected chi connectivity index (χ0v) is 10.9. The monoisotopic (exact) mass is 261 g/mol. The van der Waals surface area contributed by atoms with E-state index in [1.165, 1.54) is 17.7 Å². The predicted molar refractivity (Wildman–Crippen MR) is 72.9 cm³/mol. The minimum atomic E-state index is 0.754. The van der Waals surface area contributed by atoms with E-state index in [1.807, 2.05) is 6.20 Å². The number of thiazole rings is 1. The quantitative estimate of drug-likeness (QED) is 0.914. The molecular weight excluding hydrogens is 246 g/mol. The van der Waals surface area contributed by atoms with Crippen molar-refractivity contribution in [1.82, 2.24) is 15.0 Å². The highest BCUT2D eigenvalue weighted by molar-refractivity contribution is 7.15. The molecule has 2 aromatic rings. The molecule has 3 rings (SSSR count). The Hall–Kier alpha value is -1.69. The molecule has 0 radical (unpaired) electrons. The minimum absolute atomic E-state index is 0.754. The molecule has 6 heteroatoms. The van der Waals surface area contributed by atoms with Crippen LogP contribution in [0.1, 0.15) is 17.7 Å². The first-order valence-corrected chi connectivity index (χ1v) is 6.93. The first-order chi connectivity index (χ1) is 8.92. The summed E-state index contributed by atoms with van der Waals surface area (Å²) in [7, 11) is 0. The van der Waals surface area contributed by atoms with Crippen LogP contribution in [-0.2, 0) is 6.54 Å². The van der Waals surface area contributed by atoms with E-state index in [1.54, 1.807) is 29.9 Å². The average Bonchev–Trinajstić information content (AvgIpc) is 3.08. The average molecular weight is 261 g/mol. The first kappa shape index (κ1) is 11.4. The summed E-state index contributed by atoms with van der Waals surface area (Å²) in [6.07, 6.45) is 9.59. The van der Waals surface area contributed by atoms with Crippen LogP contribution in [0.2, 0.25) is 0 Å². The van der Waals surface area contributed by atoms with E-state index in [0.29, 0.717) is 0 Å². The number of hydrogen-bond acceptors (Lipinski definition) is 6. The van der Waals surface area contributed by atoms with E-state index in [4.69, 9.17) is 0 Å². The van der Waals surface area contributed by atoms with Crippen molar-refractivity contribution in [2.75, 3.05) is 23.3 Å². The van der Waals surface area contributed by atoms with Crippen molar-refractivity contribution in [2.45, 2.75) is 19.4 Å². The maximum Gasteiger partial charge on any atom is 0.185 e. The van der Waals surface area contributed by atoms with Gasteiger partial charge in [0.2, 0.25) is 0 Å². The van der Waals surface area contributed by atoms with Crippen LogP contribution < -0.4 is 10.2 Å². The Kier molecular flexibility index (Phi) is 3.36. The van der Waals surface area contributed by atoms with Crippen molar-refractivity contribution in [3.63, 3.8) is 0 Å². The third-order valence-electron chi connectivity index (χ3n) is 2.92. The second-order valence-electron chi connectivity index (χ2n) is 4.25. The second kappa shape index (κ2) is 5.30. The van der Waals surface area contributed by atoms with Gasteiger partial charge in [0.05, 0.1) is 12.7 Å². The molecule has 94 valence electrons. The number of rotatable bonds is 4. The van der Waals surface area contributed by atoms with Gasteiger partial charge < -0.3 is 10.2 Å². The van der Waals surface area contributed by atoms with E-state index in [-0.39, 0.29) is 0 Å². The van der Waals surface area contributed by atoms with Gasteiger partial charge in [-0.3, -0.25) is 4.98 Å². The van der Waals surface area contributed by atoms with Crippen LogP contribution in [0.15, 0.2) is 24.8 Å². The minimum Gasteiger partial charge on any atom is -0.364 e. The number of nitrogens with zero attached hydrogens (tertiary/aromatic N) is 4. The molecule has 5 nitrogen and oxygen atoms in total. The van der Waals surface area contributed by atoms with Gasteiger partial charge >= 0.3 is 0 Å². The van der Waals surface area contributed by atoms with Crippen LogP contribution in [0.4, 0.5) is 10.9 Å². The number of nitrogens with one attached hydrogen (secondary N) is 1. The van der Waals surface area contributed by atoms with Gasteiger partial charge in [-0.05, 0) is 12.8 Å². The van der Waals surface area contributed by atoms with Crippen LogP contribution in [-0.4, -0.2) is 28.0 Å². The Morgan fingerprint density at radius 3 is 2.83 bits per heavy atom. The van der Waals surface area contributed by atoms with E-state index < -0.39 is 0 Å². The normalized spacial score (nSPS) is 15.0. The van der Waals surface area contributed by atoms with Crippen LogP contribution in [0.5, 0.6) is 0 Å². The van der Waals surface area contributed by atoms with Crippen LogP contribution in [0.3, 0.4) is 0 Å². The van der Waals surface area contributed by atoms with Crippen molar-refractivity contribution < 1.29 is 0 Å². The molecule has 2 aromatic heterocycles. The van der Waals surface area contributed by atoms with Crippen LogP contribution in [0, 0.1) is 0 Å². The summed E-state index contributed by atoms with van der Waals surface area (Å²) in [6, 6.07) is 0.